The second-order valence-electron chi connectivity index (χ2n) is 5.34. The summed E-state index contributed by atoms with van der Waals surface area (Å²) in [4.78, 5) is 27.9. The maximum Gasteiger partial charge on any atom is 0.247 e. The standard InChI is InChI=1S/C14H23N5O2/c1-12(19-9-4-6-16-19)14(21)17(2)11-13(20)18-8-3-5-15-7-10-18/h4,6,9,12,15H,3,5,7-8,10-11H2,1-2H3. The van der Waals surface area contributed by atoms with Gasteiger partial charge in [-0.25, -0.2) is 0 Å². The Labute approximate surface area is 124 Å². The maximum atomic E-state index is 12.3. The summed E-state index contributed by atoms with van der Waals surface area (Å²) in [6, 6.07) is 1.38. The molecule has 2 heterocycles. The van der Waals surface area contributed by atoms with Crippen molar-refractivity contribution in [3.63, 3.8) is 0 Å². The lowest BCUT2D eigenvalue weighted by Crippen LogP contribution is -2.44. The molecule has 1 saturated heterocycles. The van der Waals surface area contributed by atoms with E-state index >= 15 is 0 Å². The Kier molecular flexibility index (Phi) is 5.32. The molecule has 0 saturated carbocycles. The summed E-state index contributed by atoms with van der Waals surface area (Å²) < 4.78 is 1.60. The smallest absolute Gasteiger partial charge is 0.247 e. The van der Waals surface area contributed by atoms with Gasteiger partial charge in [0.05, 0.1) is 6.54 Å². The monoisotopic (exact) mass is 293 g/mol. The van der Waals surface area contributed by atoms with Crippen LogP contribution in [0.1, 0.15) is 19.4 Å². The van der Waals surface area contributed by atoms with Crippen molar-refractivity contribution in [2.24, 2.45) is 0 Å². The fourth-order valence-corrected chi connectivity index (χ4v) is 2.42. The van der Waals surface area contributed by atoms with Gasteiger partial charge in [0.2, 0.25) is 11.8 Å². The first-order chi connectivity index (χ1) is 10.1. The lowest BCUT2D eigenvalue weighted by atomic mass is 10.3. The van der Waals surface area contributed by atoms with Gasteiger partial charge in [0.25, 0.3) is 0 Å². The minimum Gasteiger partial charge on any atom is -0.340 e. The highest BCUT2D eigenvalue weighted by Crippen LogP contribution is 2.08. The van der Waals surface area contributed by atoms with Crippen molar-refractivity contribution in [3.8, 4) is 0 Å². The van der Waals surface area contributed by atoms with Gasteiger partial charge in [0, 0.05) is 39.1 Å². The fraction of sp³-hybridized carbons (Fsp3) is 0.643. The zero-order chi connectivity index (χ0) is 15.2. The van der Waals surface area contributed by atoms with Gasteiger partial charge in [-0.3, -0.25) is 14.3 Å². The van der Waals surface area contributed by atoms with Crippen LogP contribution in [0.4, 0.5) is 0 Å². The molecule has 2 rings (SSSR count). The van der Waals surface area contributed by atoms with Crippen molar-refractivity contribution in [2.45, 2.75) is 19.4 Å². The van der Waals surface area contributed by atoms with E-state index in [9.17, 15) is 9.59 Å². The Morgan fingerprint density at radius 2 is 2.19 bits per heavy atom. The molecule has 1 fully saturated rings. The normalized spacial score (nSPS) is 17.1. The largest absolute Gasteiger partial charge is 0.340 e. The molecule has 1 aliphatic rings. The molecule has 0 aliphatic carbocycles. The van der Waals surface area contributed by atoms with Gasteiger partial charge in [-0.15, -0.1) is 0 Å². The van der Waals surface area contributed by atoms with Crippen molar-refractivity contribution < 1.29 is 9.59 Å². The Morgan fingerprint density at radius 1 is 1.38 bits per heavy atom. The average molecular weight is 293 g/mol. The molecule has 1 unspecified atom stereocenters. The highest BCUT2D eigenvalue weighted by atomic mass is 16.2. The number of likely N-dealkylation sites (N-methyl/N-ethyl adjacent to an activating group) is 1. The van der Waals surface area contributed by atoms with E-state index in [4.69, 9.17) is 0 Å². The third-order valence-corrected chi connectivity index (χ3v) is 3.72. The van der Waals surface area contributed by atoms with Crippen molar-refractivity contribution in [1.29, 1.82) is 0 Å². The summed E-state index contributed by atoms with van der Waals surface area (Å²) in [6.45, 7) is 5.11. The van der Waals surface area contributed by atoms with Crippen molar-refractivity contribution in [3.05, 3.63) is 18.5 Å². The van der Waals surface area contributed by atoms with Crippen molar-refractivity contribution in [1.82, 2.24) is 24.9 Å². The van der Waals surface area contributed by atoms with E-state index in [1.54, 1.807) is 37.1 Å². The number of nitrogens with zero attached hydrogens (tertiary/aromatic N) is 4. The Morgan fingerprint density at radius 3 is 2.90 bits per heavy atom. The molecule has 0 aromatic carbocycles. The van der Waals surface area contributed by atoms with E-state index in [1.165, 1.54) is 4.90 Å². The van der Waals surface area contributed by atoms with Crippen molar-refractivity contribution in [2.75, 3.05) is 39.8 Å². The summed E-state index contributed by atoms with van der Waals surface area (Å²) in [5.74, 6) is -0.109. The predicted molar refractivity (Wildman–Crippen MR) is 78.6 cm³/mol. The molecule has 1 N–H and O–H groups in total. The Bertz CT molecular complexity index is 466. The van der Waals surface area contributed by atoms with E-state index in [-0.39, 0.29) is 18.4 Å². The minimum atomic E-state index is -0.399. The average Bonchev–Trinajstić information content (AvgIpc) is 2.87. The van der Waals surface area contributed by atoms with Crippen LogP contribution in [0.25, 0.3) is 0 Å². The molecule has 1 aromatic rings. The molecule has 21 heavy (non-hydrogen) atoms. The molecular weight excluding hydrogens is 270 g/mol. The number of amides is 2. The molecule has 1 aliphatic heterocycles. The minimum absolute atomic E-state index is 0.00205. The zero-order valence-corrected chi connectivity index (χ0v) is 12.7. The lowest BCUT2D eigenvalue weighted by molar-refractivity contribution is -0.141. The van der Waals surface area contributed by atoms with Gasteiger partial charge in [-0.05, 0) is 26.0 Å². The third kappa shape index (κ3) is 4.04. The third-order valence-electron chi connectivity index (χ3n) is 3.72. The highest BCUT2D eigenvalue weighted by Gasteiger charge is 2.23. The Hall–Kier alpha value is -1.89. The fourth-order valence-electron chi connectivity index (χ4n) is 2.42. The van der Waals surface area contributed by atoms with E-state index in [0.29, 0.717) is 6.54 Å². The second-order valence-corrected chi connectivity index (χ2v) is 5.34. The summed E-state index contributed by atoms with van der Waals surface area (Å²) in [7, 11) is 1.66. The molecule has 1 aromatic heterocycles. The van der Waals surface area contributed by atoms with Gasteiger partial charge in [0.1, 0.15) is 6.04 Å². The molecule has 7 nitrogen and oxygen atoms in total. The van der Waals surface area contributed by atoms with Gasteiger partial charge >= 0.3 is 0 Å². The zero-order valence-electron chi connectivity index (χ0n) is 12.7. The molecule has 116 valence electrons. The van der Waals surface area contributed by atoms with Crippen LogP contribution in [0, 0.1) is 0 Å². The predicted octanol–water partition coefficient (Wildman–Crippen LogP) is -0.276. The summed E-state index contributed by atoms with van der Waals surface area (Å²) >= 11 is 0. The first kappa shape index (κ1) is 15.5. The van der Waals surface area contributed by atoms with Crippen LogP contribution in [0.5, 0.6) is 0 Å². The van der Waals surface area contributed by atoms with Crippen LogP contribution >= 0.6 is 0 Å². The van der Waals surface area contributed by atoms with Gasteiger partial charge in [0.15, 0.2) is 0 Å². The first-order valence-electron chi connectivity index (χ1n) is 7.32. The topological polar surface area (TPSA) is 70.5 Å². The summed E-state index contributed by atoms with van der Waals surface area (Å²) in [5.41, 5.74) is 0. The van der Waals surface area contributed by atoms with Gasteiger partial charge < -0.3 is 15.1 Å². The van der Waals surface area contributed by atoms with E-state index in [1.807, 2.05) is 4.90 Å². The molecule has 1 atom stereocenters. The molecular formula is C14H23N5O2. The van der Waals surface area contributed by atoms with Crippen LogP contribution in [0.2, 0.25) is 0 Å². The quantitative estimate of drug-likeness (QED) is 0.829. The first-order valence-corrected chi connectivity index (χ1v) is 7.32. The summed E-state index contributed by atoms with van der Waals surface area (Å²) in [6.07, 6.45) is 4.34. The number of hydrogen-bond acceptors (Lipinski definition) is 4. The summed E-state index contributed by atoms with van der Waals surface area (Å²) in [5, 5.41) is 7.33. The van der Waals surface area contributed by atoms with Crippen LogP contribution in [-0.4, -0.2) is 71.2 Å². The van der Waals surface area contributed by atoms with Crippen LogP contribution in [0.15, 0.2) is 18.5 Å². The van der Waals surface area contributed by atoms with Crippen LogP contribution in [-0.2, 0) is 9.59 Å². The number of carbonyl (C=O) groups is 2. The SMILES string of the molecule is CC(C(=O)N(C)CC(=O)N1CCCNCC1)n1cccn1. The van der Waals surface area contributed by atoms with E-state index in [0.717, 1.165) is 26.1 Å². The van der Waals surface area contributed by atoms with Crippen LogP contribution < -0.4 is 5.32 Å². The number of nitrogens with one attached hydrogen (secondary N) is 1. The molecule has 0 radical (unpaired) electrons. The van der Waals surface area contributed by atoms with Gasteiger partial charge in [-0.1, -0.05) is 0 Å². The highest BCUT2D eigenvalue weighted by molar-refractivity contribution is 5.86. The van der Waals surface area contributed by atoms with E-state index in [2.05, 4.69) is 10.4 Å². The number of carbonyl (C=O) groups excluding carboxylic acids is 2. The van der Waals surface area contributed by atoms with Crippen LogP contribution in [0.3, 0.4) is 0 Å². The molecule has 2 amide bonds. The number of hydrogen-bond donors (Lipinski definition) is 1. The second kappa shape index (κ2) is 7.21. The maximum absolute atomic E-state index is 12.3. The molecule has 7 heteroatoms. The Balaban J connectivity index is 1.89. The van der Waals surface area contributed by atoms with Crippen molar-refractivity contribution >= 4 is 11.8 Å². The van der Waals surface area contributed by atoms with E-state index < -0.39 is 6.04 Å². The lowest BCUT2D eigenvalue weighted by Gasteiger charge is -2.25. The number of rotatable bonds is 4. The van der Waals surface area contributed by atoms with Gasteiger partial charge in [-0.2, -0.15) is 5.10 Å². The molecule has 0 spiro atoms. The molecule has 0 bridgehead atoms. The number of aromatic nitrogens is 2.